The highest BCUT2D eigenvalue weighted by molar-refractivity contribution is 5.81. The number of pyridine rings is 1. The molecule has 0 unspecified atom stereocenters. The molecule has 184 valence electrons. The van der Waals surface area contributed by atoms with Crippen molar-refractivity contribution in [3.05, 3.63) is 70.2 Å². The van der Waals surface area contributed by atoms with Crippen molar-refractivity contribution in [3.8, 4) is 0 Å². The highest BCUT2D eigenvalue weighted by Gasteiger charge is 2.33. The fourth-order valence-corrected chi connectivity index (χ4v) is 4.40. The van der Waals surface area contributed by atoms with Crippen LogP contribution in [0.25, 0.3) is 16.5 Å². The van der Waals surface area contributed by atoms with Crippen molar-refractivity contribution >= 4 is 22.5 Å². The van der Waals surface area contributed by atoms with Gasteiger partial charge in [-0.15, -0.1) is 0 Å². The smallest absolute Gasteiger partial charge is 0.351 e. The van der Waals surface area contributed by atoms with E-state index in [-0.39, 0.29) is 5.56 Å². The molecule has 0 aliphatic carbocycles. The van der Waals surface area contributed by atoms with Gasteiger partial charge in [0.1, 0.15) is 5.82 Å². The number of aryl methyl sites for hydroxylation is 2. The molecule has 35 heavy (non-hydrogen) atoms. The van der Waals surface area contributed by atoms with Gasteiger partial charge in [0.25, 0.3) is 0 Å². The molecule has 10 heteroatoms. The number of primary amides is 1. The Morgan fingerprint density at radius 1 is 1.26 bits per heavy atom. The molecule has 1 aromatic carbocycles. The maximum Gasteiger partial charge on any atom is 0.416 e. The molecule has 0 saturated carbocycles. The second-order valence-electron chi connectivity index (χ2n) is 8.71. The number of hydrogen-bond donors (Lipinski definition) is 1. The van der Waals surface area contributed by atoms with Gasteiger partial charge in [0.2, 0.25) is 0 Å². The van der Waals surface area contributed by atoms with E-state index in [2.05, 4.69) is 9.97 Å². The molecule has 1 atom stereocenters. The van der Waals surface area contributed by atoms with Crippen LogP contribution in [-0.4, -0.2) is 38.6 Å². The second kappa shape index (κ2) is 9.16. The van der Waals surface area contributed by atoms with Gasteiger partial charge in [0.15, 0.2) is 5.49 Å². The lowest BCUT2D eigenvalue weighted by Gasteiger charge is -2.24. The molecule has 7 nitrogen and oxygen atoms in total. The number of fused-ring (bicyclic) bond motifs is 1. The van der Waals surface area contributed by atoms with Crippen molar-refractivity contribution in [2.75, 3.05) is 13.1 Å². The van der Waals surface area contributed by atoms with Crippen molar-refractivity contribution in [1.29, 1.82) is 0 Å². The number of nitrogens with zero attached hydrogens (tertiary/aromatic N) is 5. The Bertz CT molecular complexity index is 1410. The minimum atomic E-state index is -4.43. The van der Waals surface area contributed by atoms with Gasteiger partial charge < -0.3 is 15.2 Å². The molecule has 1 aliphatic rings. The van der Waals surface area contributed by atoms with E-state index in [0.717, 1.165) is 28.2 Å². The Kier molecular flexibility index (Phi) is 6.40. The van der Waals surface area contributed by atoms with Gasteiger partial charge in [0.05, 0.1) is 29.0 Å². The Labute approximate surface area is 200 Å². The van der Waals surface area contributed by atoms with Gasteiger partial charge in [0, 0.05) is 25.5 Å². The summed E-state index contributed by atoms with van der Waals surface area (Å²) in [5.41, 5.74) is 8.35. The van der Waals surface area contributed by atoms with Crippen LogP contribution < -0.4 is 11.2 Å². The maximum absolute atomic E-state index is 13.4. The molecule has 0 fully saturated rings. The van der Waals surface area contributed by atoms with Crippen molar-refractivity contribution in [3.63, 3.8) is 0 Å². The zero-order chi connectivity index (χ0) is 25.5. The van der Waals surface area contributed by atoms with Gasteiger partial charge in [-0.2, -0.15) is 13.2 Å². The molecule has 4 rings (SSSR count). The summed E-state index contributed by atoms with van der Waals surface area (Å²) in [6.07, 6.45) is -0.144. The molecular formula is C25H27F3N6O. The van der Waals surface area contributed by atoms with Crippen LogP contribution >= 0.6 is 0 Å². The molecule has 3 aromatic rings. The number of benzene rings is 1. The molecule has 3 heterocycles. The van der Waals surface area contributed by atoms with E-state index in [0.29, 0.717) is 36.4 Å². The van der Waals surface area contributed by atoms with Gasteiger partial charge in [-0.05, 0) is 56.0 Å². The molecule has 0 bridgehead atoms. The SMILES string of the molecule is Cc1c([C@@H](C)/N=c2\nc(C)n(C)c3cnc(C4=CCN(C(N)=O)CC4)cc23)cccc1C(F)(F)F. The van der Waals surface area contributed by atoms with Crippen LogP contribution in [0.3, 0.4) is 0 Å². The summed E-state index contributed by atoms with van der Waals surface area (Å²) in [6.45, 7) is 5.99. The predicted octanol–water partition coefficient (Wildman–Crippen LogP) is 4.43. The average molecular weight is 485 g/mol. The van der Waals surface area contributed by atoms with Gasteiger partial charge >= 0.3 is 12.2 Å². The zero-order valence-corrected chi connectivity index (χ0v) is 20.0. The summed E-state index contributed by atoms with van der Waals surface area (Å²) in [6, 6.07) is 5.06. The first kappa shape index (κ1) is 24.4. The number of amides is 2. The van der Waals surface area contributed by atoms with Crippen LogP contribution in [0, 0.1) is 13.8 Å². The normalized spacial score (nSPS) is 15.9. The number of alkyl halides is 3. The lowest BCUT2D eigenvalue weighted by atomic mass is 9.97. The summed E-state index contributed by atoms with van der Waals surface area (Å²) in [5.74, 6) is 0.702. The highest BCUT2D eigenvalue weighted by Crippen LogP contribution is 2.35. The summed E-state index contributed by atoms with van der Waals surface area (Å²) < 4.78 is 42.2. The Morgan fingerprint density at radius 3 is 2.63 bits per heavy atom. The first-order chi connectivity index (χ1) is 16.5. The molecule has 2 aromatic heterocycles. The second-order valence-corrected chi connectivity index (χ2v) is 8.71. The highest BCUT2D eigenvalue weighted by atomic mass is 19.4. The standard InChI is InChI=1S/C25H27F3N6O/c1-14-18(6-5-7-20(14)25(26,27)28)15(2)31-23-19-12-21(17-8-10-34(11-9-17)24(29)35)30-13-22(19)33(4)16(3)32-23/h5-8,12-13,15H,9-11H2,1-4H3,(H2,29,35)/b31-23-/t15-/m1/s1. The van der Waals surface area contributed by atoms with E-state index in [1.807, 2.05) is 30.7 Å². The molecule has 2 amide bonds. The van der Waals surface area contributed by atoms with E-state index in [4.69, 9.17) is 10.7 Å². The van der Waals surface area contributed by atoms with Crippen LogP contribution in [0.5, 0.6) is 0 Å². The number of halogens is 3. The van der Waals surface area contributed by atoms with Crippen molar-refractivity contribution < 1.29 is 18.0 Å². The molecule has 0 spiro atoms. The number of nitrogens with two attached hydrogens (primary N) is 1. The number of hydrogen-bond acceptors (Lipinski definition) is 4. The Hall–Kier alpha value is -3.69. The van der Waals surface area contributed by atoms with Gasteiger partial charge in [-0.25, -0.2) is 9.78 Å². The van der Waals surface area contributed by atoms with E-state index >= 15 is 0 Å². The first-order valence-electron chi connectivity index (χ1n) is 11.2. The Morgan fingerprint density at radius 2 is 2.00 bits per heavy atom. The van der Waals surface area contributed by atoms with E-state index in [9.17, 15) is 18.0 Å². The van der Waals surface area contributed by atoms with Gasteiger partial charge in [-0.3, -0.25) is 9.98 Å². The van der Waals surface area contributed by atoms with Crippen LogP contribution in [0.4, 0.5) is 18.0 Å². The number of carbonyl (C=O) groups excluding carboxylic acids is 1. The van der Waals surface area contributed by atoms with E-state index in [1.165, 1.54) is 13.0 Å². The third-order valence-electron chi connectivity index (χ3n) is 6.54. The van der Waals surface area contributed by atoms with Crippen LogP contribution in [0.1, 0.15) is 47.6 Å². The minimum absolute atomic E-state index is 0.160. The molecule has 0 saturated heterocycles. The number of carbonyl (C=O) groups is 1. The molecule has 2 N–H and O–H groups in total. The fourth-order valence-electron chi connectivity index (χ4n) is 4.40. The van der Waals surface area contributed by atoms with Crippen LogP contribution in [0.2, 0.25) is 0 Å². The number of urea groups is 1. The topological polar surface area (TPSA) is 89.4 Å². The van der Waals surface area contributed by atoms with Crippen molar-refractivity contribution in [2.24, 2.45) is 17.8 Å². The minimum Gasteiger partial charge on any atom is -0.351 e. The average Bonchev–Trinajstić information content (AvgIpc) is 2.81. The third kappa shape index (κ3) is 4.78. The number of aromatic nitrogens is 3. The summed E-state index contributed by atoms with van der Waals surface area (Å²) >= 11 is 0. The summed E-state index contributed by atoms with van der Waals surface area (Å²) in [5, 5.41) is 0.748. The quantitative estimate of drug-likeness (QED) is 0.596. The first-order valence-corrected chi connectivity index (χ1v) is 11.2. The lowest BCUT2D eigenvalue weighted by Crippen LogP contribution is -2.38. The molecular weight excluding hydrogens is 457 g/mol. The zero-order valence-electron chi connectivity index (χ0n) is 20.0. The third-order valence-corrected chi connectivity index (χ3v) is 6.54. The van der Waals surface area contributed by atoms with E-state index in [1.54, 1.807) is 24.1 Å². The van der Waals surface area contributed by atoms with Crippen LogP contribution in [0.15, 0.2) is 41.5 Å². The maximum atomic E-state index is 13.4. The van der Waals surface area contributed by atoms with Crippen LogP contribution in [-0.2, 0) is 13.2 Å². The van der Waals surface area contributed by atoms with Crippen molar-refractivity contribution in [1.82, 2.24) is 19.4 Å². The largest absolute Gasteiger partial charge is 0.416 e. The lowest BCUT2D eigenvalue weighted by molar-refractivity contribution is -0.138. The number of rotatable bonds is 3. The Balaban J connectivity index is 1.83. The predicted molar refractivity (Wildman–Crippen MR) is 127 cm³/mol. The molecule has 1 aliphatic heterocycles. The van der Waals surface area contributed by atoms with E-state index < -0.39 is 23.8 Å². The fraction of sp³-hybridized carbons (Fsp3) is 0.360. The summed E-state index contributed by atoms with van der Waals surface area (Å²) in [4.78, 5) is 27.0. The van der Waals surface area contributed by atoms with Gasteiger partial charge in [-0.1, -0.05) is 18.2 Å². The molecule has 0 radical (unpaired) electrons. The monoisotopic (exact) mass is 484 g/mol. The summed E-state index contributed by atoms with van der Waals surface area (Å²) in [7, 11) is 1.88. The van der Waals surface area contributed by atoms with Crippen molar-refractivity contribution in [2.45, 2.75) is 39.4 Å².